The van der Waals surface area contributed by atoms with Crippen LogP contribution >= 0.6 is 12.2 Å². The van der Waals surface area contributed by atoms with Crippen LogP contribution in [-0.2, 0) is 4.74 Å². The quantitative estimate of drug-likeness (QED) is 0.250. The molecule has 0 saturated heterocycles. The SMILES string of the molecule is CCOCCOc1cccc(C(=O)NC(=S)NNC(=O)c2ccccc2[N+](=O)[O-])c1. The number of nitro benzene ring substituents is 1. The van der Waals surface area contributed by atoms with Crippen LogP contribution in [0.3, 0.4) is 0 Å². The highest BCUT2D eigenvalue weighted by Crippen LogP contribution is 2.17. The number of para-hydroxylation sites is 1. The molecule has 0 fully saturated rings. The fourth-order valence-electron chi connectivity index (χ4n) is 2.30. The average molecular weight is 432 g/mol. The minimum atomic E-state index is -0.774. The lowest BCUT2D eigenvalue weighted by molar-refractivity contribution is -0.385. The maximum absolute atomic E-state index is 12.3. The molecule has 30 heavy (non-hydrogen) atoms. The number of hydrogen-bond acceptors (Lipinski definition) is 7. The summed E-state index contributed by atoms with van der Waals surface area (Å²) in [6, 6.07) is 11.9. The average Bonchev–Trinajstić information content (AvgIpc) is 2.75. The normalized spacial score (nSPS) is 10.0. The first-order valence-corrected chi connectivity index (χ1v) is 9.29. The van der Waals surface area contributed by atoms with E-state index >= 15 is 0 Å². The van der Waals surface area contributed by atoms with Gasteiger partial charge in [-0.25, -0.2) is 0 Å². The number of benzene rings is 2. The summed E-state index contributed by atoms with van der Waals surface area (Å²) < 4.78 is 10.7. The van der Waals surface area contributed by atoms with Gasteiger partial charge in [0.05, 0.1) is 11.5 Å². The smallest absolute Gasteiger partial charge is 0.282 e. The van der Waals surface area contributed by atoms with Crippen molar-refractivity contribution in [2.45, 2.75) is 6.92 Å². The highest BCUT2D eigenvalue weighted by Gasteiger charge is 2.19. The molecule has 158 valence electrons. The molecule has 0 atom stereocenters. The number of carbonyl (C=O) groups is 2. The van der Waals surface area contributed by atoms with Gasteiger partial charge in [0.15, 0.2) is 5.11 Å². The van der Waals surface area contributed by atoms with Gasteiger partial charge < -0.3 is 9.47 Å². The summed E-state index contributed by atoms with van der Waals surface area (Å²) in [6.45, 7) is 3.24. The summed E-state index contributed by atoms with van der Waals surface area (Å²) in [6.07, 6.45) is 0. The topological polar surface area (TPSA) is 132 Å². The van der Waals surface area contributed by atoms with Crippen molar-refractivity contribution < 1.29 is 24.0 Å². The van der Waals surface area contributed by atoms with E-state index in [1.54, 1.807) is 18.2 Å². The Hall–Kier alpha value is -3.57. The predicted molar refractivity (Wildman–Crippen MR) is 112 cm³/mol. The van der Waals surface area contributed by atoms with Crippen molar-refractivity contribution in [3.8, 4) is 5.75 Å². The molecular weight excluding hydrogens is 412 g/mol. The molecule has 0 bridgehead atoms. The Morgan fingerprint density at radius 1 is 1.07 bits per heavy atom. The maximum atomic E-state index is 12.3. The molecule has 2 aromatic rings. The van der Waals surface area contributed by atoms with E-state index in [9.17, 15) is 19.7 Å². The zero-order valence-electron chi connectivity index (χ0n) is 16.0. The first-order chi connectivity index (χ1) is 14.4. The van der Waals surface area contributed by atoms with Crippen molar-refractivity contribution in [3.05, 3.63) is 69.8 Å². The lowest BCUT2D eigenvalue weighted by atomic mass is 10.2. The van der Waals surface area contributed by atoms with Crippen LogP contribution in [0.4, 0.5) is 5.69 Å². The Bertz CT molecular complexity index is 937. The van der Waals surface area contributed by atoms with Crippen LogP contribution in [0.5, 0.6) is 5.75 Å². The zero-order valence-corrected chi connectivity index (χ0v) is 16.9. The lowest BCUT2D eigenvalue weighted by Crippen LogP contribution is -2.48. The molecule has 0 saturated carbocycles. The number of hydrazine groups is 1. The maximum Gasteiger partial charge on any atom is 0.282 e. The summed E-state index contributed by atoms with van der Waals surface area (Å²) >= 11 is 4.98. The molecule has 10 nitrogen and oxygen atoms in total. The molecule has 0 aliphatic heterocycles. The number of carbonyl (C=O) groups excluding carboxylic acids is 2. The summed E-state index contributed by atoms with van der Waals surface area (Å²) in [4.78, 5) is 34.8. The van der Waals surface area contributed by atoms with E-state index in [-0.39, 0.29) is 21.9 Å². The number of thiocarbonyl (C=S) groups is 1. The molecule has 0 aromatic heterocycles. The van der Waals surface area contributed by atoms with Gasteiger partial charge in [-0.2, -0.15) is 0 Å². The first kappa shape index (κ1) is 22.7. The molecule has 2 aromatic carbocycles. The number of nitrogens with one attached hydrogen (secondary N) is 3. The van der Waals surface area contributed by atoms with Gasteiger partial charge in [-0.05, 0) is 43.4 Å². The van der Waals surface area contributed by atoms with Crippen LogP contribution < -0.4 is 20.9 Å². The Balaban J connectivity index is 1.88. The van der Waals surface area contributed by atoms with Gasteiger partial charge in [0.2, 0.25) is 0 Å². The molecule has 0 radical (unpaired) electrons. The van der Waals surface area contributed by atoms with Gasteiger partial charge in [-0.15, -0.1) is 0 Å². The summed E-state index contributed by atoms with van der Waals surface area (Å²) in [5.74, 6) is -0.808. The second kappa shape index (κ2) is 11.4. The molecule has 0 heterocycles. The molecule has 0 spiro atoms. The number of hydrogen-bond donors (Lipinski definition) is 3. The second-order valence-corrected chi connectivity index (χ2v) is 6.12. The number of amides is 2. The summed E-state index contributed by atoms with van der Waals surface area (Å²) in [7, 11) is 0. The first-order valence-electron chi connectivity index (χ1n) is 8.88. The van der Waals surface area contributed by atoms with Gasteiger partial charge in [0.1, 0.15) is 17.9 Å². The summed E-state index contributed by atoms with van der Waals surface area (Å²) in [5, 5.41) is 13.2. The predicted octanol–water partition coefficient (Wildman–Crippen LogP) is 1.96. The van der Waals surface area contributed by atoms with Crippen molar-refractivity contribution in [1.29, 1.82) is 0 Å². The summed E-state index contributed by atoms with van der Waals surface area (Å²) in [5.41, 5.74) is 4.34. The van der Waals surface area contributed by atoms with E-state index in [4.69, 9.17) is 21.7 Å². The van der Waals surface area contributed by atoms with Gasteiger partial charge in [-0.1, -0.05) is 18.2 Å². The Labute approximate surface area is 177 Å². The van der Waals surface area contributed by atoms with Gasteiger partial charge in [0, 0.05) is 18.2 Å². The van der Waals surface area contributed by atoms with Crippen molar-refractivity contribution >= 4 is 34.8 Å². The lowest BCUT2D eigenvalue weighted by Gasteiger charge is -2.12. The second-order valence-electron chi connectivity index (χ2n) is 5.71. The molecule has 0 aliphatic rings. The molecule has 0 aliphatic carbocycles. The van der Waals surface area contributed by atoms with E-state index < -0.39 is 16.7 Å². The van der Waals surface area contributed by atoms with Crippen molar-refractivity contribution in [3.63, 3.8) is 0 Å². The molecule has 2 amide bonds. The van der Waals surface area contributed by atoms with E-state index in [2.05, 4.69) is 16.2 Å². The van der Waals surface area contributed by atoms with Crippen molar-refractivity contribution in [2.75, 3.05) is 19.8 Å². The van der Waals surface area contributed by atoms with Gasteiger partial charge in [-0.3, -0.25) is 35.9 Å². The molecule has 0 unspecified atom stereocenters. The number of rotatable bonds is 8. The van der Waals surface area contributed by atoms with Crippen molar-refractivity contribution in [2.24, 2.45) is 0 Å². The van der Waals surface area contributed by atoms with Crippen LogP contribution in [0, 0.1) is 10.1 Å². The highest BCUT2D eigenvalue weighted by atomic mass is 32.1. The number of ether oxygens (including phenoxy) is 2. The monoisotopic (exact) mass is 432 g/mol. The minimum Gasteiger partial charge on any atom is -0.491 e. The molecule has 3 N–H and O–H groups in total. The van der Waals surface area contributed by atoms with Crippen LogP contribution in [0.2, 0.25) is 0 Å². The van der Waals surface area contributed by atoms with Crippen LogP contribution in [0.1, 0.15) is 27.6 Å². The zero-order chi connectivity index (χ0) is 21.9. The van der Waals surface area contributed by atoms with Crippen LogP contribution in [-0.4, -0.2) is 41.7 Å². The third kappa shape index (κ3) is 6.79. The third-order valence-corrected chi connectivity index (χ3v) is 3.86. The molecule has 11 heteroatoms. The Morgan fingerprint density at radius 3 is 2.57 bits per heavy atom. The van der Waals surface area contributed by atoms with E-state index in [0.29, 0.717) is 25.6 Å². The highest BCUT2D eigenvalue weighted by molar-refractivity contribution is 7.80. The van der Waals surface area contributed by atoms with E-state index in [1.165, 1.54) is 30.3 Å². The Morgan fingerprint density at radius 2 is 1.83 bits per heavy atom. The fraction of sp³-hybridized carbons (Fsp3) is 0.211. The van der Waals surface area contributed by atoms with E-state index in [0.717, 1.165) is 0 Å². The van der Waals surface area contributed by atoms with Crippen molar-refractivity contribution in [1.82, 2.24) is 16.2 Å². The van der Waals surface area contributed by atoms with Gasteiger partial charge in [0.25, 0.3) is 17.5 Å². The van der Waals surface area contributed by atoms with E-state index in [1.807, 2.05) is 6.92 Å². The largest absolute Gasteiger partial charge is 0.491 e. The van der Waals surface area contributed by atoms with Crippen LogP contribution in [0.15, 0.2) is 48.5 Å². The molecular formula is C19H20N4O6S. The third-order valence-electron chi connectivity index (χ3n) is 3.66. The molecule has 2 rings (SSSR count). The number of nitro groups is 1. The number of nitrogens with zero attached hydrogens (tertiary/aromatic N) is 1. The Kier molecular flexibility index (Phi) is 8.66. The van der Waals surface area contributed by atoms with Crippen LogP contribution in [0.25, 0.3) is 0 Å². The minimum absolute atomic E-state index is 0.152. The standard InChI is InChI=1S/C19H20N4O6S/c1-2-28-10-11-29-14-7-5-6-13(12-14)17(24)20-19(30)22-21-18(25)15-8-3-4-9-16(15)23(26)27/h3-9,12H,2,10-11H2,1H3,(H,21,25)(H2,20,22,24,30). The van der Waals surface area contributed by atoms with Gasteiger partial charge >= 0.3 is 0 Å². The fourth-order valence-corrected chi connectivity index (χ4v) is 2.45.